The number of alkyl halides is 3. The topological polar surface area (TPSA) is 127 Å². The Morgan fingerprint density at radius 1 is 1.07 bits per heavy atom. The third kappa shape index (κ3) is 5.80. The Morgan fingerprint density at radius 3 is 2.55 bits per heavy atom. The van der Waals surface area contributed by atoms with Gasteiger partial charge >= 0.3 is 12.1 Å². The van der Waals surface area contributed by atoms with Gasteiger partial charge in [0.1, 0.15) is 11.5 Å². The van der Waals surface area contributed by atoms with Crippen molar-refractivity contribution >= 4 is 29.1 Å². The zero-order valence-electron chi connectivity index (χ0n) is 21.7. The van der Waals surface area contributed by atoms with Gasteiger partial charge in [-0.05, 0) is 48.4 Å². The van der Waals surface area contributed by atoms with Gasteiger partial charge in [-0.25, -0.2) is 18.6 Å². The first-order valence-corrected chi connectivity index (χ1v) is 12.4. The summed E-state index contributed by atoms with van der Waals surface area (Å²) in [5.41, 5.74) is 8.30. The molecule has 0 spiro atoms. The van der Waals surface area contributed by atoms with Crippen molar-refractivity contribution < 1.29 is 36.4 Å². The Kier molecular flexibility index (Phi) is 7.41. The minimum Gasteiger partial charge on any atom is -0.383 e. The molecule has 3 heterocycles. The van der Waals surface area contributed by atoms with Crippen LogP contribution in [-0.4, -0.2) is 39.4 Å². The minimum absolute atomic E-state index is 0.0297. The van der Waals surface area contributed by atoms with Crippen LogP contribution in [0.2, 0.25) is 0 Å². The third-order valence-corrected chi connectivity index (χ3v) is 6.40. The standard InChI is InChI=1S/C27H22F5N7O3/c1-38-13-17(12-36-38)16-9-18(23(33)35-11-16)24-37-21-10-15(3-5-22(21)39(24)42-26(41)27(30,31)32)25(40)34-7-6-14-2-4-19(28)20(29)8-14/h2-5,8-13,24,37H,6-7H2,1H3,(H2,33,35)(H,34,40). The van der Waals surface area contributed by atoms with Gasteiger partial charge in [0.05, 0.1) is 11.9 Å². The molecular weight excluding hydrogens is 565 g/mol. The molecule has 5 rings (SSSR count). The van der Waals surface area contributed by atoms with E-state index in [1.165, 1.54) is 30.5 Å². The van der Waals surface area contributed by atoms with Gasteiger partial charge in [-0.3, -0.25) is 9.48 Å². The van der Waals surface area contributed by atoms with Crippen LogP contribution in [0.1, 0.15) is 27.7 Å². The van der Waals surface area contributed by atoms with Crippen molar-refractivity contribution in [2.75, 3.05) is 22.7 Å². The fourth-order valence-electron chi connectivity index (χ4n) is 4.33. The summed E-state index contributed by atoms with van der Waals surface area (Å²) in [7, 11) is 1.71. The van der Waals surface area contributed by atoms with Crippen LogP contribution in [0.15, 0.2) is 61.1 Å². The van der Waals surface area contributed by atoms with E-state index in [0.29, 0.717) is 16.7 Å². The number of nitrogens with one attached hydrogen (secondary N) is 2. The van der Waals surface area contributed by atoms with Gasteiger partial charge in [-0.1, -0.05) is 6.07 Å². The lowest BCUT2D eigenvalue weighted by molar-refractivity contribution is -0.201. The van der Waals surface area contributed by atoms with E-state index in [2.05, 4.69) is 20.7 Å². The molecule has 10 nitrogen and oxygen atoms in total. The number of nitrogens with two attached hydrogens (primary N) is 1. The molecule has 42 heavy (non-hydrogen) atoms. The number of amides is 1. The highest BCUT2D eigenvalue weighted by molar-refractivity contribution is 5.97. The van der Waals surface area contributed by atoms with Gasteiger partial charge in [0.2, 0.25) is 0 Å². The molecule has 0 aliphatic carbocycles. The lowest BCUT2D eigenvalue weighted by Crippen LogP contribution is -2.37. The van der Waals surface area contributed by atoms with Gasteiger partial charge in [-0.2, -0.15) is 23.3 Å². The average Bonchev–Trinajstić information content (AvgIpc) is 3.53. The number of pyridine rings is 1. The molecular formula is C27H22F5N7O3. The van der Waals surface area contributed by atoms with Gasteiger partial charge in [0.15, 0.2) is 17.8 Å². The second-order valence-electron chi connectivity index (χ2n) is 9.34. The largest absolute Gasteiger partial charge is 0.493 e. The molecule has 2 aromatic carbocycles. The number of anilines is 3. The maximum atomic E-state index is 13.4. The SMILES string of the molecule is Cn1cc(-c2cnc(N)c(C3Nc4cc(C(=O)NCCc5ccc(F)c(F)c5)ccc4N3OC(=O)C(F)(F)F)c2)cn1. The van der Waals surface area contributed by atoms with E-state index in [0.717, 1.165) is 17.2 Å². The number of rotatable bonds is 7. The molecule has 4 aromatic rings. The molecule has 0 radical (unpaired) electrons. The van der Waals surface area contributed by atoms with Crippen molar-refractivity contribution in [3.63, 3.8) is 0 Å². The van der Waals surface area contributed by atoms with Crippen molar-refractivity contribution in [2.24, 2.45) is 7.05 Å². The number of benzene rings is 2. The van der Waals surface area contributed by atoms with E-state index in [4.69, 9.17) is 10.6 Å². The maximum Gasteiger partial charge on any atom is 0.493 e. The van der Waals surface area contributed by atoms with Gasteiger partial charge in [-0.15, -0.1) is 0 Å². The number of nitrogens with zero attached hydrogens (tertiary/aromatic N) is 4. The van der Waals surface area contributed by atoms with E-state index in [1.807, 2.05) is 0 Å². The van der Waals surface area contributed by atoms with E-state index in [9.17, 15) is 31.5 Å². The van der Waals surface area contributed by atoms with Crippen molar-refractivity contribution in [2.45, 2.75) is 18.8 Å². The molecule has 2 aromatic heterocycles. The van der Waals surface area contributed by atoms with Crippen molar-refractivity contribution in [1.29, 1.82) is 0 Å². The number of carbonyl (C=O) groups excluding carboxylic acids is 2. The van der Waals surface area contributed by atoms with Crippen LogP contribution in [0.3, 0.4) is 0 Å². The Morgan fingerprint density at radius 2 is 1.86 bits per heavy atom. The normalized spacial score (nSPS) is 14.3. The van der Waals surface area contributed by atoms with Crippen LogP contribution < -0.4 is 21.4 Å². The fraction of sp³-hybridized carbons (Fsp3) is 0.185. The molecule has 0 fully saturated rings. The zero-order valence-corrected chi connectivity index (χ0v) is 21.7. The Hall–Kier alpha value is -5.21. The van der Waals surface area contributed by atoms with Crippen LogP contribution in [0.25, 0.3) is 11.1 Å². The summed E-state index contributed by atoms with van der Waals surface area (Å²) in [6.07, 6.45) is -1.58. The summed E-state index contributed by atoms with van der Waals surface area (Å²) in [5.74, 6) is -5.03. The Balaban J connectivity index is 1.40. The second-order valence-corrected chi connectivity index (χ2v) is 9.34. The number of halogens is 5. The summed E-state index contributed by atoms with van der Waals surface area (Å²) >= 11 is 0. The minimum atomic E-state index is -5.29. The number of hydrogen-bond donors (Lipinski definition) is 3. The highest BCUT2D eigenvalue weighted by Crippen LogP contribution is 2.44. The number of aryl methyl sites for hydroxylation is 1. The smallest absolute Gasteiger partial charge is 0.383 e. The highest BCUT2D eigenvalue weighted by Gasteiger charge is 2.45. The third-order valence-electron chi connectivity index (χ3n) is 6.40. The predicted molar refractivity (Wildman–Crippen MR) is 141 cm³/mol. The number of fused-ring (bicyclic) bond motifs is 1. The average molecular weight is 588 g/mol. The van der Waals surface area contributed by atoms with Crippen LogP contribution in [0.4, 0.5) is 39.1 Å². The Labute approximate surface area is 234 Å². The van der Waals surface area contributed by atoms with Gasteiger partial charge in [0.25, 0.3) is 5.91 Å². The van der Waals surface area contributed by atoms with Crippen LogP contribution in [-0.2, 0) is 23.1 Å². The quantitative estimate of drug-likeness (QED) is 0.274. The Bertz CT molecular complexity index is 1670. The van der Waals surface area contributed by atoms with Crippen molar-refractivity contribution in [1.82, 2.24) is 20.1 Å². The monoisotopic (exact) mass is 587 g/mol. The van der Waals surface area contributed by atoms with Gasteiger partial charge in [0, 0.05) is 48.2 Å². The number of hydroxylamine groups is 1. The summed E-state index contributed by atoms with van der Waals surface area (Å²) in [6, 6.07) is 8.99. The molecule has 0 saturated heterocycles. The number of aromatic nitrogens is 3. The fourth-order valence-corrected chi connectivity index (χ4v) is 4.33. The molecule has 1 amide bonds. The summed E-state index contributed by atoms with van der Waals surface area (Å²) in [4.78, 5) is 33.6. The lowest BCUT2D eigenvalue weighted by atomic mass is 10.1. The molecule has 1 atom stereocenters. The second kappa shape index (κ2) is 11.0. The molecule has 218 valence electrons. The highest BCUT2D eigenvalue weighted by atomic mass is 19.4. The molecule has 1 unspecified atom stereocenters. The maximum absolute atomic E-state index is 13.4. The van der Waals surface area contributed by atoms with Crippen molar-refractivity contribution in [3.8, 4) is 11.1 Å². The van der Waals surface area contributed by atoms with E-state index in [1.54, 1.807) is 30.2 Å². The first-order chi connectivity index (χ1) is 19.9. The molecule has 1 aliphatic heterocycles. The van der Waals surface area contributed by atoms with Crippen LogP contribution in [0, 0.1) is 11.6 Å². The van der Waals surface area contributed by atoms with Crippen molar-refractivity contribution in [3.05, 3.63) is 89.4 Å². The number of hydrogen-bond acceptors (Lipinski definition) is 8. The predicted octanol–water partition coefficient (Wildman–Crippen LogP) is 4.27. The summed E-state index contributed by atoms with van der Waals surface area (Å²) in [6.45, 7) is 0.0930. The van der Waals surface area contributed by atoms with Crippen LogP contribution >= 0.6 is 0 Å². The van der Waals surface area contributed by atoms with E-state index < -0.39 is 35.9 Å². The summed E-state index contributed by atoms with van der Waals surface area (Å²) in [5, 5.41) is 10.4. The molecule has 4 N–H and O–H groups in total. The van der Waals surface area contributed by atoms with E-state index in [-0.39, 0.29) is 41.3 Å². The molecule has 0 saturated carbocycles. The van der Waals surface area contributed by atoms with Crippen LogP contribution in [0.5, 0.6) is 0 Å². The lowest BCUT2D eigenvalue weighted by Gasteiger charge is -2.26. The molecule has 0 bridgehead atoms. The summed E-state index contributed by atoms with van der Waals surface area (Å²) < 4.78 is 67.6. The molecule has 15 heteroatoms. The zero-order chi connectivity index (χ0) is 30.2. The molecule has 1 aliphatic rings. The van der Waals surface area contributed by atoms with Gasteiger partial charge < -0.3 is 21.2 Å². The number of nitrogen functional groups attached to an aromatic ring is 1. The van der Waals surface area contributed by atoms with E-state index >= 15 is 0 Å². The first-order valence-electron chi connectivity index (χ1n) is 12.4. The number of carbonyl (C=O) groups is 2. The first kappa shape index (κ1) is 28.3.